The molecule has 2 aromatic rings. The van der Waals surface area contributed by atoms with Gasteiger partial charge in [-0.05, 0) is 43.7 Å². The fourth-order valence-corrected chi connectivity index (χ4v) is 4.93. The lowest BCUT2D eigenvalue weighted by Crippen LogP contribution is -2.55. The van der Waals surface area contributed by atoms with Gasteiger partial charge in [-0.2, -0.15) is 12.7 Å². The molecule has 0 radical (unpaired) electrons. The lowest BCUT2D eigenvalue weighted by Gasteiger charge is -2.36. The molecule has 1 atom stereocenters. The van der Waals surface area contributed by atoms with Crippen molar-refractivity contribution in [2.75, 3.05) is 31.0 Å². The van der Waals surface area contributed by atoms with Crippen LogP contribution in [0.4, 0.5) is 5.69 Å². The van der Waals surface area contributed by atoms with Crippen molar-refractivity contribution in [1.29, 1.82) is 0 Å². The molecule has 1 N–H and O–H groups in total. The number of nitrogens with zero attached hydrogens (tertiary/aromatic N) is 3. The Balaban J connectivity index is 1.94. The minimum atomic E-state index is -3.76. The number of ether oxygens (including phenoxy) is 1. The normalized spacial score (nSPS) is 17.7. The second-order valence-electron chi connectivity index (χ2n) is 7.10. The van der Waals surface area contributed by atoms with Gasteiger partial charge < -0.3 is 10.1 Å². The number of carbonyl (C=O) groups excluding carboxylic acids is 1. The van der Waals surface area contributed by atoms with Crippen LogP contribution in [0.3, 0.4) is 0 Å². The van der Waals surface area contributed by atoms with Crippen LogP contribution in [0, 0.1) is 6.92 Å². The molecule has 2 heterocycles. The summed E-state index contributed by atoms with van der Waals surface area (Å²) in [5.41, 5.74) is 2.39. The number of nitrogens with one attached hydrogen (secondary N) is 1. The maximum Gasteiger partial charge on any atom is 0.339 e. The SMILES string of the molecule is COC(=O)c1ccc(CN(c2cccc(C)c2)S(=O)(=O)N2CCN[C@H](C)C2)nc1. The Morgan fingerprint density at radius 3 is 2.76 bits per heavy atom. The molecular formula is C20H26N4O4S. The van der Waals surface area contributed by atoms with Gasteiger partial charge in [0.2, 0.25) is 0 Å². The second kappa shape index (κ2) is 8.89. The van der Waals surface area contributed by atoms with Crippen molar-refractivity contribution in [3.05, 3.63) is 59.4 Å². The van der Waals surface area contributed by atoms with E-state index in [9.17, 15) is 13.2 Å². The molecule has 3 rings (SSSR count). The molecule has 1 saturated heterocycles. The number of benzene rings is 1. The zero-order valence-electron chi connectivity index (χ0n) is 16.8. The summed E-state index contributed by atoms with van der Waals surface area (Å²) in [5.74, 6) is -0.484. The van der Waals surface area contributed by atoms with E-state index in [2.05, 4.69) is 15.0 Å². The average Bonchev–Trinajstić information content (AvgIpc) is 2.71. The predicted octanol–water partition coefficient (Wildman–Crippen LogP) is 1.72. The van der Waals surface area contributed by atoms with Crippen LogP contribution in [0.5, 0.6) is 0 Å². The Morgan fingerprint density at radius 1 is 1.34 bits per heavy atom. The van der Waals surface area contributed by atoms with Gasteiger partial charge in [0, 0.05) is 31.9 Å². The number of anilines is 1. The lowest BCUT2D eigenvalue weighted by molar-refractivity contribution is 0.0600. The minimum absolute atomic E-state index is 0.0611. The molecule has 0 spiro atoms. The molecule has 8 nitrogen and oxygen atoms in total. The smallest absolute Gasteiger partial charge is 0.339 e. The third kappa shape index (κ3) is 4.92. The number of rotatable bonds is 6. The van der Waals surface area contributed by atoms with E-state index in [1.54, 1.807) is 18.2 Å². The third-order valence-electron chi connectivity index (χ3n) is 4.78. The van der Waals surface area contributed by atoms with Crippen LogP contribution >= 0.6 is 0 Å². The van der Waals surface area contributed by atoms with Crippen LogP contribution in [0.25, 0.3) is 0 Å². The number of pyridine rings is 1. The maximum absolute atomic E-state index is 13.5. The van der Waals surface area contributed by atoms with Crippen molar-refractivity contribution in [2.24, 2.45) is 0 Å². The first kappa shape index (κ1) is 21.2. The fourth-order valence-electron chi connectivity index (χ4n) is 3.24. The number of hydrogen-bond acceptors (Lipinski definition) is 6. The number of esters is 1. The Morgan fingerprint density at radius 2 is 2.14 bits per heavy atom. The van der Waals surface area contributed by atoms with Crippen LogP contribution in [-0.2, 0) is 21.5 Å². The van der Waals surface area contributed by atoms with E-state index in [1.165, 1.54) is 21.9 Å². The van der Waals surface area contributed by atoms with Crippen LogP contribution in [0.1, 0.15) is 28.5 Å². The quantitative estimate of drug-likeness (QED) is 0.719. The number of piperazine rings is 1. The zero-order valence-corrected chi connectivity index (χ0v) is 17.6. The highest BCUT2D eigenvalue weighted by atomic mass is 32.2. The van der Waals surface area contributed by atoms with E-state index in [4.69, 9.17) is 0 Å². The summed E-state index contributed by atoms with van der Waals surface area (Å²) >= 11 is 0. The fraction of sp³-hybridized carbons (Fsp3) is 0.400. The Bertz CT molecular complexity index is 963. The van der Waals surface area contributed by atoms with Crippen molar-refractivity contribution < 1.29 is 17.9 Å². The van der Waals surface area contributed by atoms with Crippen LogP contribution in [-0.4, -0.2) is 56.5 Å². The summed E-state index contributed by atoms with van der Waals surface area (Å²) in [4.78, 5) is 15.9. The molecule has 1 aliphatic heterocycles. The molecule has 0 aliphatic carbocycles. The average molecular weight is 419 g/mol. The topological polar surface area (TPSA) is 91.8 Å². The van der Waals surface area contributed by atoms with Gasteiger partial charge in [0.05, 0.1) is 30.6 Å². The molecule has 9 heteroatoms. The van der Waals surface area contributed by atoms with E-state index in [0.29, 0.717) is 36.6 Å². The summed E-state index contributed by atoms with van der Waals surface area (Å²) in [5, 5.41) is 3.26. The van der Waals surface area contributed by atoms with Gasteiger partial charge in [0.25, 0.3) is 0 Å². The summed E-state index contributed by atoms with van der Waals surface area (Å²) in [6.07, 6.45) is 1.40. The van der Waals surface area contributed by atoms with Crippen molar-refractivity contribution in [3.8, 4) is 0 Å². The van der Waals surface area contributed by atoms with Gasteiger partial charge in [-0.3, -0.25) is 9.29 Å². The van der Waals surface area contributed by atoms with Gasteiger partial charge >= 0.3 is 16.2 Å². The van der Waals surface area contributed by atoms with E-state index in [0.717, 1.165) is 5.56 Å². The highest BCUT2D eigenvalue weighted by Crippen LogP contribution is 2.24. The van der Waals surface area contributed by atoms with E-state index in [-0.39, 0.29) is 12.6 Å². The van der Waals surface area contributed by atoms with Crippen molar-refractivity contribution >= 4 is 21.9 Å². The molecule has 0 unspecified atom stereocenters. The summed E-state index contributed by atoms with van der Waals surface area (Å²) < 4.78 is 34.5. The number of methoxy groups -OCH3 is 1. The Hall–Kier alpha value is -2.49. The summed E-state index contributed by atoms with van der Waals surface area (Å²) in [7, 11) is -2.46. The third-order valence-corrected chi connectivity index (χ3v) is 6.66. The van der Waals surface area contributed by atoms with Gasteiger partial charge in [0.15, 0.2) is 0 Å². The number of aryl methyl sites for hydroxylation is 1. The van der Waals surface area contributed by atoms with Crippen molar-refractivity contribution in [3.63, 3.8) is 0 Å². The molecule has 0 saturated carbocycles. The predicted molar refractivity (Wildman–Crippen MR) is 111 cm³/mol. The molecule has 1 fully saturated rings. The lowest BCUT2D eigenvalue weighted by atomic mass is 10.2. The monoisotopic (exact) mass is 418 g/mol. The Kier molecular flexibility index (Phi) is 6.51. The van der Waals surface area contributed by atoms with Crippen LogP contribution in [0.2, 0.25) is 0 Å². The molecule has 0 amide bonds. The van der Waals surface area contributed by atoms with Crippen molar-refractivity contribution in [2.45, 2.75) is 26.4 Å². The summed E-state index contributed by atoms with van der Waals surface area (Å²) in [6.45, 7) is 5.36. The van der Waals surface area contributed by atoms with Gasteiger partial charge in [0.1, 0.15) is 0 Å². The molecule has 0 bridgehead atoms. The first-order valence-electron chi connectivity index (χ1n) is 9.42. The van der Waals surface area contributed by atoms with Crippen LogP contribution < -0.4 is 9.62 Å². The van der Waals surface area contributed by atoms with Crippen LogP contribution in [0.15, 0.2) is 42.6 Å². The molecule has 1 aliphatic rings. The number of carbonyl (C=O) groups is 1. The van der Waals surface area contributed by atoms with E-state index >= 15 is 0 Å². The highest BCUT2D eigenvalue weighted by molar-refractivity contribution is 7.90. The highest BCUT2D eigenvalue weighted by Gasteiger charge is 2.33. The number of aromatic nitrogens is 1. The summed E-state index contributed by atoms with van der Waals surface area (Å²) in [6, 6.07) is 10.7. The van der Waals surface area contributed by atoms with Gasteiger partial charge in [-0.15, -0.1) is 0 Å². The minimum Gasteiger partial charge on any atom is -0.465 e. The standard InChI is InChI=1S/C20H26N4O4S/c1-15-5-4-6-19(11-15)24(29(26,27)23-10-9-21-16(2)13-23)14-18-8-7-17(12-22-18)20(25)28-3/h4-8,11-12,16,21H,9-10,13-14H2,1-3H3/t16-/m1/s1. The first-order chi connectivity index (χ1) is 13.8. The molecular weight excluding hydrogens is 392 g/mol. The largest absolute Gasteiger partial charge is 0.465 e. The molecule has 156 valence electrons. The molecule has 29 heavy (non-hydrogen) atoms. The van der Waals surface area contributed by atoms with Gasteiger partial charge in [-0.25, -0.2) is 4.79 Å². The Labute approximate surface area is 171 Å². The van der Waals surface area contributed by atoms with E-state index < -0.39 is 16.2 Å². The maximum atomic E-state index is 13.5. The van der Waals surface area contributed by atoms with E-state index in [1.807, 2.05) is 32.0 Å². The molecule has 1 aromatic heterocycles. The first-order valence-corrected chi connectivity index (χ1v) is 10.8. The van der Waals surface area contributed by atoms with Gasteiger partial charge in [-0.1, -0.05) is 12.1 Å². The zero-order chi connectivity index (χ0) is 21.0. The van der Waals surface area contributed by atoms with Crippen molar-refractivity contribution in [1.82, 2.24) is 14.6 Å². The number of hydrogen-bond donors (Lipinski definition) is 1. The second-order valence-corrected chi connectivity index (χ2v) is 8.95. The molecule has 1 aromatic carbocycles.